The van der Waals surface area contributed by atoms with E-state index in [9.17, 15) is 8.42 Å². The summed E-state index contributed by atoms with van der Waals surface area (Å²) in [5.74, 6) is -0.0494. The van der Waals surface area contributed by atoms with Gasteiger partial charge in [0.1, 0.15) is 0 Å². The monoisotopic (exact) mass is 239 g/mol. The Hall–Kier alpha value is -1.38. The first kappa shape index (κ1) is 12.7. The van der Waals surface area contributed by atoms with Crippen LogP contribution in [0.25, 0.3) is 0 Å². The van der Waals surface area contributed by atoms with Crippen molar-refractivity contribution in [2.45, 2.75) is 5.75 Å². The molecular weight excluding hydrogens is 226 g/mol. The lowest BCUT2D eigenvalue weighted by atomic mass is 10.2. The first-order chi connectivity index (χ1) is 7.57. The number of rotatable bonds is 5. The maximum Gasteiger partial charge on any atom is 0.156 e. The molecule has 0 fully saturated rings. The first-order valence-corrected chi connectivity index (χ1v) is 6.58. The molecule has 0 amide bonds. The Labute approximate surface area is 95.4 Å². The molecule has 5 heteroatoms. The summed E-state index contributed by atoms with van der Waals surface area (Å²) in [4.78, 5) is 0. The lowest BCUT2D eigenvalue weighted by Gasteiger charge is -2.04. The molecule has 1 rings (SSSR count). The summed E-state index contributed by atoms with van der Waals surface area (Å²) in [7, 11) is -1.69. The predicted molar refractivity (Wildman–Crippen MR) is 60.5 cm³/mol. The lowest BCUT2D eigenvalue weighted by molar-refractivity contribution is 0.217. The van der Waals surface area contributed by atoms with E-state index < -0.39 is 9.84 Å². The Kier molecular flexibility index (Phi) is 4.47. The number of methoxy groups -OCH3 is 1. The van der Waals surface area contributed by atoms with E-state index in [1.807, 2.05) is 6.07 Å². The van der Waals surface area contributed by atoms with Gasteiger partial charge in [0.15, 0.2) is 9.84 Å². The number of hydrogen-bond donors (Lipinski definition) is 0. The molecule has 0 aromatic heterocycles. The molecule has 0 heterocycles. The first-order valence-electron chi connectivity index (χ1n) is 4.76. The molecular formula is C11H13NO3S. The lowest BCUT2D eigenvalue weighted by Crippen LogP contribution is -2.13. The van der Waals surface area contributed by atoms with Crippen LogP contribution in [0.3, 0.4) is 0 Å². The van der Waals surface area contributed by atoms with Crippen LogP contribution in [0.1, 0.15) is 11.1 Å². The molecule has 16 heavy (non-hydrogen) atoms. The van der Waals surface area contributed by atoms with Crippen molar-refractivity contribution in [3.63, 3.8) is 0 Å². The number of nitrogens with zero attached hydrogens (tertiary/aromatic N) is 1. The highest BCUT2D eigenvalue weighted by Crippen LogP contribution is 2.09. The molecule has 0 saturated heterocycles. The second-order valence-electron chi connectivity index (χ2n) is 3.40. The fourth-order valence-electron chi connectivity index (χ4n) is 1.27. The van der Waals surface area contributed by atoms with E-state index in [1.54, 1.807) is 24.3 Å². The minimum atomic E-state index is -3.16. The van der Waals surface area contributed by atoms with Gasteiger partial charge < -0.3 is 4.74 Å². The second kappa shape index (κ2) is 5.64. The molecule has 0 aliphatic heterocycles. The fourth-order valence-corrected chi connectivity index (χ4v) is 2.52. The van der Waals surface area contributed by atoms with Gasteiger partial charge in [0.2, 0.25) is 0 Å². The molecule has 0 aliphatic rings. The van der Waals surface area contributed by atoms with Gasteiger partial charge in [-0.05, 0) is 17.7 Å². The van der Waals surface area contributed by atoms with E-state index in [4.69, 9.17) is 10.00 Å². The minimum Gasteiger partial charge on any atom is -0.384 e. The molecule has 0 aliphatic carbocycles. The summed E-state index contributed by atoms with van der Waals surface area (Å²) >= 11 is 0. The van der Waals surface area contributed by atoms with E-state index in [2.05, 4.69) is 0 Å². The molecule has 0 N–H and O–H groups in total. The molecule has 1 aromatic rings. The Morgan fingerprint density at radius 1 is 1.44 bits per heavy atom. The average Bonchev–Trinajstić information content (AvgIpc) is 2.26. The summed E-state index contributed by atoms with van der Waals surface area (Å²) in [6.45, 7) is 0.195. The van der Waals surface area contributed by atoms with Crippen LogP contribution in [0.5, 0.6) is 0 Å². The van der Waals surface area contributed by atoms with Crippen LogP contribution in [0.15, 0.2) is 24.3 Å². The van der Waals surface area contributed by atoms with E-state index in [-0.39, 0.29) is 18.1 Å². The van der Waals surface area contributed by atoms with Crippen LogP contribution in [0.2, 0.25) is 0 Å². The maximum absolute atomic E-state index is 11.6. The number of hydrogen-bond acceptors (Lipinski definition) is 4. The number of benzene rings is 1. The fraction of sp³-hybridized carbons (Fsp3) is 0.364. The number of sulfone groups is 1. The molecule has 86 valence electrons. The highest BCUT2D eigenvalue weighted by atomic mass is 32.2. The summed E-state index contributed by atoms with van der Waals surface area (Å²) in [6.07, 6.45) is 0. The van der Waals surface area contributed by atoms with Crippen molar-refractivity contribution in [3.05, 3.63) is 35.4 Å². The highest BCUT2D eigenvalue weighted by Gasteiger charge is 2.11. The second-order valence-corrected chi connectivity index (χ2v) is 5.58. The molecule has 0 radical (unpaired) electrons. The van der Waals surface area contributed by atoms with Gasteiger partial charge in [0.05, 0.1) is 29.7 Å². The van der Waals surface area contributed by atoms with Crippen LogP contribution in [-0.2, 0) is 20.3 Å². The largest absolute Gasteiger partial charge is 0.384 e. The van der Waals surface area contributed by atoms with E-state index >= 15 is 0 Å². The summed E-state index contributed by atoms with van der Waals surface area (Å²) in [5, 5.41) is 8.68. The molecule has 0 saturated carbocycles. The summed E-state index contributed by atoms with van der Waals surface area (Å²) < 4.78 is 27.9. The molecule has 4 nitrogen and oxygen atoms in total. The Morgan fingerprint density at radius 2 is 2.19 bits per heavy atom. The van der Waals surface area contributed by atoms with Gasteiger partial charge in [-0.25, -0.2) is 8.42 Å². The molecule has 0 bridgehead atoms. The third-order valence-corrected chi connectivity index (χ3v) is 3.60. The van der Waals surface area contributed by atoms with Crippen LogP contribution < -0.4 is 0 Å². The average molecular weight is 239 g/mol. The topological polar surface area (TPSA) is 67.2 Å². The number of ether oxygens (including phenoxy) is 1. The molecule has 0 spiro atoms. The standard InChI is InChI=1S/C11H13NO3S/c1-15-5-6-16(13,14)9-11-4-2-3-10(7-11)8-12/h2-4,7H,5-6,9H2,1H3. The van der Waals surface area contributed by atoms with Gasteiger partial charge in [-0.15, -0.1) is 0 Å². The minimum absolute atomic E-state index is 0.000279. The van der Waals surface area contributed by atoms with Crippen molar-refractivity contribution in [1.29, 1.82) is 5.26 Å². The predicted octanol–water partition coefficient (Wildman–Crippen LogP) is 1.12. The van der Waals surface area contributed by atoms with Crippen LogP contribution in [0, 0.1) is 11.3 Å². The van der Waals surface area contributed by atoms with Crippen molar-refractivity contribution in [1.82, 2.24) is 0 Å². The zero-order valence-electron chi connectivity index (χ0n) is 9.01. The third kappa shape index (κ3) is 4.01. The quantitative estimate of drug-likeness (QED) is 0.772. The third-order valence-electron chi connectivity index (χ3n) is 2.04. The SMILES string of the molecule is COCCS(=O)(=O)Cc1cccc(C#N)c1. The Bertz CT molecular complexity index is 488. The van der Waals surface area contributed by atoms with Gasteiger partial charge >= 0.3 is 0 Å². The highest BCUT2D eigenvalue weighted by molar-refractivity contribution is 7.90. The van der Waals surface area contributed by atoms with Crippen molar-refractivity contribution < 1.29 is 13.2 Å². The van der Waals surface area contributed by atoms with Crippen molar-refractivity contribution in [3.8, 4) is 6.07 Å². The Balaban J connectivity index is 2.77. The van der Waals surface area contributed by atoms with Crippen molar-refractivity contribution >= 4 is 9.84 Å². The smallest absolute Gasteiger partial charge is 0.156 e. The summed E-state index contributed by atoms with van der Waals surface area (Å²) in [6, 6.07) is 8.59. The van der Waals surface area contributed by atoms with Crippen LogP contribution >= 0.6 is 0 Å². The van der Waals surface area contributed by atoms with Gasteiger partial charge in [-0.3, -0.25) is 0 Å². The zero-order chi connectivity index (χ0) is 12.0. The van der Waals surface area contributed by atoms with E-state index in [0.717, 1.165) is 0 Å². The van der Waals surface area contributed by atoms with E-state index in [0.29, 0.717) is 11.1 Å². The maximum atomic E-state index is 11.6. The summed E-state index contributed by atoms with van der Waals surface area (Å²) in [5.41, 5.74) is 1.11. The number of nitriles is 1. The van der Waals surface area contributed by atoms with Crippen LogP contribution in [-0.4, -0.2) is 27.9 Å². The van der Waals surface area contributed by atoms with Gasteiger partial charge in [-0.2, -0.15) is 5.26 Å². The van der Waals surface area contributed by atoms with Crippen molar-refractivity contribution in [2.24, 2.45) is 0 Å². The molecule has 1 aromatic carbocycles. The van der Waals surface area contributed by atoms with Gasteiger partial charge in [0, 0.05) is 7.11 Å². The van der Waals surface area contributed by atoms with Gasteiger partial charge in [0.25, 0.3) is 0 Å². The Morgan fingerprint density at radius 3 is 2.81 bits per heavy atom. The normalized spacial score (nSPS) is 11.0. The van der Waals surface area contributed by atoms with Crippen LogP contribution in [0.4, 0.5) is 0 Å². The van der Waals surface area contributed by atoms with Crippen molar-refractivity contribution in [2.75, 3.05) is 19.5 Å². The molecule has 0 atom stereocenters. The molecule has 0 unspecified atom stereocenters. The van der Waals surface area contributed by atoms with E-state index in [1.165, 1.54) is 7.11 Å². The van der Waals surface area contributed by atoms with Gasteiger partial charge in [-0.1, -0.05) is 12.1 Å². The zero-order valence-corrected chi connectivity index (χ0v) is 9.83.